The van der Waals surface area contributed by atoms with Gasteiger partial charge in [-0.05, 0) is 88.1 Å². The zero-order valence-corrected chi connectivity index (χ0v) is 25.5. The van der Waals surface area contributed by atoms with Crippen LogP contribution in [0.1, 0.15) is 96.3 Å². The standard InChI is InChI=1S/C24H39BSi.2CH3.2ClH.Zr/c1-26(25-17-7-2-8-18-25,23-15-13-19-9-3-5-11-21(19)23)24-16-14-20-10-4-6-12-22(20)24;;;;;/h23-24H,2-18H2,1H3;2*1H3;2*1H;/q;2*-1;;;+4/p-2/t23-,24-;;;;;/m0...../s1. The Hall–Kier alpha value is 1.22. The second-order valence-electron chi connectivity index (χ2n) is 10.6. The van der Waals surface area contributed by atoms with Crippen molar-refractivity contribution in [2.45, 2.75) is 127 Å². The maximum atomic E-state index is 4.93. The van der Waals surface area contributed by atoms with Crippen LogP contribution in [0.4, 0.5) is 0 Å². The van der Waals surface area contributed by atoms with Crippen LogP contribution in [0.2, 0.25) is 30.3 Å². The Morgan fingerprint density at radius 2 is 1.10 bits per heavy atom. The molecule has 174 valence electrons. The van der Waals surface area contributed by atoms with Crippen molar-refractivity contribution in [3.8, 4) is 0 Å². The van der Waals surface area contributed by atoms with Crippen molar-refractivity contribution < 1.29 is 20.8 Å². The summed E-state index contributed by atoms with van der Waals surface area (Å²) in [4.78, 5) is 0. The third-order valence-electron chi connectivity index (χ3n) is 9.55. The van der Waals surface area contributed by atoms with Crippen LogP contribution < -0.4 is 0 Å². The molecule has 0 aromatic rings. The van der Waals surface area contributed by atoms with E-state index in [1.54, 1.807) is 38.3 Å². The summed E-state index contributed by atoms with van der Waals surface area (Å²) < 4.78 is 0. The first-order valence-electron chi connectivity index (χ1n) is 12.6. The Morgan fingerprint density at radius 1 is 0.677 bits per heavy atom. The normalized spacial score (nSPS) is 27.9. The molecule has 31 heavy (non-hydrogen) atoms. The summed E-state index contributed by atoms with van der Waals surface area (Å²) >= 11 is -0.826. The van der Waals surface area contributed by atoms with Crippen LogP contribution in [0, 0.1) is 14.9 Å². The van der Waals surface area contributed by atoms with Crippen molar-refractivity contribution in [3.05, 3.63) is 37.1 Å². The summed E-state index contributed by atoms with van der Waals surface area (Å²) in [6, 6.07) is 0. The van der Waals surface area contributed by atoms with E-state index in [-0.39, 0.29) is 14.9 Å². The first-order valence-corrected chi connectivity index (χ1v) is 21.6. The SMILES string of the molecule is C[Si](B1CCCCC1)([C@H]1CCC2=C1CCCC2)[C@H]1CCC2=C1CCCC2.[CH3-].[CH3-].[Cl][Zr+2][Cl]. The molecule has 2 atom stereocenters. The molecule has 0 aromatic heterocycles. The summed E-state index contributed by atoms with van der Waals surface area (Å²) in [5, 5.41) is 0. The van der Waals surface area contributed by atoms with Crippen molar-refractivity contribution in [1.29, 1.82) is 0 Å². The summed E-state index contributed by atoms with van der Waals surface area (Å²) in [6.45, 7) is 2.95. The molecular weight excluding hydrogens is 513 g/mol. The molecule has 4 aliphatic carbocycles. The molecule has 5 heteroatoms. The first-order chi connectivity index (χ1) is 14.2. The van der Waals surface area contributed by atoms with Crippen molar-refractivity contribution >= 4 is 31.3 Å². The Balaban J connectivity index is 0.000000648. The fraction of sp³-hybridized carbons (Fsp3) is 0.769. The van der Waals surface area contributed by atoms with Gasteiger partial charge in [0.05, 0.1) is 0 Å². The molecule has 0 nitrogen and oxygen atoms in total. The van der Waals surface area contributed by atoms with Crippen LogP contribution in [0.25, 0.3) is 0 Å². The van der Waals surface area contributed by atoms with E-state index in [1.165, 1.54) is 70.6 Å². The van der Waals surface area contributed by atoms with Crippen LogP contribution in [0.3, 0.4) is 0 Å². The topological polar surface area (TPSA) is 0 Å². The van der Waals surface area contributed by atoms with E-state index in [2.05, 4.69) is 17.7 Å². The van der Waals surface area contributed by atoms with E-state index in [0.29, 0.717) is 0 Å². The van der Waals surface area contributed by atoms with Gasteiger partial charge in [-0.3, -0.25) is 0 Å². The minimum absolute atomic E-state index is 0. The van der Waals surface area contributed by atoms with Crippen LogP contribution >= 0.6 is 17.0 Å². The van der Waals surface area contributed by atoms with Crippen molar-refractivity contribution in [3.63, 3.8) is 0 Å². The maximum absolute atomic E-state index is 4.93. The number of hydrogen-bond donors (Lipinski definition) is 0. The molecule has 5 aliphatic rings. The average Bonchev–Trinajstić information content (AvgIpc) is 3.39. The molecule has 1 fully saturated rings. The molecule has 0 N–H and O–H groups in total. The van der Waals surface area contributed by atoms with Crippen LogP contribution in [-0.4, -0.2) is 14.2 Å². The van der Waals surface area contributed by atoms with Gasteiger partial charge >= 0.3 is 37.9 Å². The van der Waals surface area contributed by atoms with E-state index in [9.17, 15) is 0 Å². The molecule has 1 saturated heterocycles. The van der Waals surface area contributed by atoms with E-state index in [4.69, 9.17) is 17.0 Å². The van der Waals surface area contributed by atoms with Gasteiger partial charge in [-0.15, -0.1) is 0 Å². The van der Waals surface area contributed by atoms with Gasteiger partial charge in [0.2, 0.25) is 0 Å². The summed E-state index contributed by atoms with van der Waals surface area (Å²) in [6.07, 6.45) is 27.0. The van der Waals surface area contributed by atoms with Crippen molar-refractivity contribution in [1.82, 2.24) is 0 Å². The van der Waals surface area contributed by atoms with Crippen molar-refractivity contribution in [2.75, 3.05) is 0 Å². The Bertz CT molecular complexity index is 599. The van der Waals surface area contributed by atoms with Crippen LogP contribution in [-0.2, 0) is 20.8 Å². The molecule has 0 spiro atoms. The van der Waals surface area contributed by atoms with Gasteiger partial charge in [0.15, 0.2) is 0 Å². The predicted octanol–water partition coefficient (Wildman–Crippen LogP) is 10.2. The van der Waals surface area contributed by atoms with E-state index < -0.39 is 28.8 Å². The second kappa shape index (κ2) is 13.3. The van der Waals surface area contributed by atoms with Gasteiger partial charge in [0.25, 0.3) is 0 Å². The third-order valence-corrected chi connectivity index (χ3v) is 16.2. The molecule has 0 radical (unpaired) electrons. The molecule has 0 bridgehead atoms. The molecule has 0 amide bonds. The summed E-state index contributed by atoms with van der Waals surface area (Å²) in [5.41, 5.74) is 10.2. The zero-order valence-electron chi connectivity index (χ0n) is 20.5. The van der Waals surface area contributed by atoms with E-state index in [0.717, 1.165) is 17.4 Å². The van der Waals surface area contributed by atoms with E-state index in [1.807, 2.05) is 11.1 Å². The van der Waals surface area contributed by atoms with Gasteiger partial charge in [-0.1, -0.05) is 60.7 Å². The number of rotatable bonds is 3. The predicted molar refractivity (Wildman–Crippen MR) is 142 cm³/mol. The molecule has 0 unspecified atom stereocenters. The van der Waals surface area contributed by atoms with Gasteiger partial charge in [-0.25, -0.2) is 0 Å². The van der Waals surface area contributed by atoms with Crippen LogP contribution in [0.5, 0.6) is 0 Å². The van der Waals surface area contributed by atoms with Gasteiger partial charge < -0.3 is 14.9 Å². The molecule has 1 aliphatic heterocycles. The monoisotopic (exact) mass is 556 g/mol. The fourth-order valence-corrected chi connectivity index (χ4v) is 15.3. The van der Waals surface area contributed by atoms with E-state index >= 15 is 0 Å². The Labute approximate surface area is 214 Å². The van der Waals surface area contributed by atoms with Gasteiger partial charge in [0, 0.05) is 7.94 Å². The summed E-state index contributed by atoms with van der Waals surface area (Å²) in [5.74, 6) is 0. The molecule has 1 heterocycles. The number of allylic oxidation sites excluding steroid dienone is 4. The number of hydrogen-bond acceptors (Lipinski definition) is 0. The Kier molecular flexibility index (Phi) is 12.3. The van der Waals surface area contributed by atoms with Gasteiger partial charge in [-0.2, -0.15) is 0 Å². The molecule has 0 aromatic carbocycles. The zero-order chi connectivity index (χ0) is 20.3. The Morgan fingerprint density at radius 3 is 1.55 bits per heavy atom. The fourth-order valence-electron chi connectivity index (χ4n) is 8.29. The molecule has 0 saturated carbocycles. The third kappa shape index (κ3) is 5.90. The quantitative estimate of drug-likeness (QED) is 0.184. The van der Waals surface area contributed by atoms with Gasteiger partial charge in [0.1, 0.15) is 6.31 Å². The molecular formula is C26H45BCl2SiZr. The number of halogens is 2. The average molecular weight is 559 g/mol. The van der Waals surface area contributed by atoms with Crippen LogP contribution in [0.15, 0.2) is 22.3 Å². The summed E-state index contributed by atoms with van der Waals surface area (Å²) in [7, 11) is 8.55. The second-order valence-corrected chi connectivity index (χ2v) is 19.3. The van der Waals surface area contributed by atoms with Crippen molar-refractivity contribution in [2.24, 2.45) is 0 Å². The first kappa shape index (κ1) is 28.5. The minimum atomic E-state index is -1.31. The molecule has 5 rings (SSSR count).